The van der Waals surface area contributed by atoms with E-state index in [9.17, 15) is 22.4 Å². The Morgan fingerprint density at radius 2 is 1.80 bits per heavy atom. The van der Waals surface area contributed by atoms with Gasteiger partial charge < -0.3 is 4.79 Å². The quantitative estimate of drug-likeness (QED) is 0.331. The molecule has 0 aliphatic carbocycles. The molecular weight excluding hydrogens is 212 g/mol. The van der Waals surface area contributed by atoms with Crippen LogP contribution in [0.4, 0.5) is 17.6 Å². The molecule has 1 atom stereocenters. The first kappa shape index (κ1) is 11.7. The van der Waals surface area contributed by atoms with Crippen molar-refractivity contribution in [3.8, 4) is 0 Å². The largest absolute Gasteiger partial charge is 0.303 e. The summed E-state index contributed by atoms with van der Waals surface area (Å²) in [6.45, 7) is 1.42. The van der Waals surface area contributed by atoms with Crippen LogP contribution in [0.25, 0.3) is 0 Å². The zero-order valence-electron chi connectivity index (χ0n) is 7.86. The molecule has 0 aromatic heterocycles. The van der Waals surface area contributed by atoms with E-state index < -0.39 is 29.2 Å². The van der Waals surface area contributed by atoms with E-state index in [4.69, 9.17) is 0 Å². The van der Waals surface area contributed by atoms with Crippen LogP contribution in [0.2, 0.25) is 0 Å². The van der Waals surface area contributed by atoms with Crippen LogP contribution in [0, 0.1) is 23.3 Å². The van der Waals surface area contributed by atoms with Gasteiger partial charge in [0.2, 0.25) is 0 Å². The SMILES string of the molecule is CC(CC=O)c1cc(F)c(F)c(F)c1F. The molecule has 0 aliphatic rings. The molecule has 1 nitrogen and oxygen atoms in total. The number of carbonyl (C=O) groups excluding carboxylic acids is 1. The van der Waals surface area contributed by atoms with Gasteiger partial charge in [-0.3, -0.25) is 0 Å². The van der Waals surface area contributed by atoms with Gasteiger partial charge in [0.05, 0.1) is 0 Å². The van der Waals surface area contributed by atoms with Crippen LogP contribution in [0.1, 0.15) is 24.8 Å². The molecule has 0 amide bonds. The molecule has 0 saturated heterocycles. The Hall–Kier alpha value is -1.39. The Kier molecular flexibility index (Phi) is 3.44. The van der Waals surface area contributed by atoms with E-state index in [-0.39, 0.29) is 12.0 Å². The van der Waals surface area contributed by atoms with Gasteiger partial charge in [-0.25, -0.2) is 17.6 Å². The Balaban J connectivity index is 3.25. The van der Waals surface area contributed by atoms with Gasteiger partial charge >= 0.3 is 0 Å². The lowest BCUT2D eigenvalue weighted by Crippen LogP contribution is -2.05. The Morgan fingerprint density at radius 1 is 1.20 bits per heavy atom. The maximum Gasteiger partial charge on any atom is 0.197 e. The molecule has 5 heteroatoms. The lowest BCUT2D eigenvalue weighted by atomic mass is 9.97. The van der Waals surface area contributed by atoms with Gasteiger partial charge in [0.25, 0.3) is 0 Å². The number of benzene rings is 1. The maximum absolute atomic E-state index is 13.1. The molecule has 82 valence electrons. The maximum atomic E-state index is 13.1. The van der Waals surface area contributed by atoms with E-state index in [0.717, 1.165) is 0 Å². The molecule has 0 heterocycles. The van der Waals surface area contributed by atoms with Crippen LogP contribution in [0.5, 0.6) is 0 Å². The standard InChI is InChI=1S/C10H8F4O/c1-5(2-3-15)6-4-7(11)9(13)10(14)8(6)12/h3-5H,2H2,1H3. The molecular formula is C10H8F4O. The molecule has 0 spiro atoms. The second-order valence-corrected chi connectivity index (χ2v) is 3.19. The summed E-state index contributed by atoms with van der Waals surface area (Å²) in [7, 11) is 0. The van der Waals surface area contributed by atoms with Crippen LogP contribution in [-0.2, 0) is 4.79 Å². The van der Waals surface area contributed by atoms with E-state index in [0.29, 0.717) is 12.4 Å². The zero-order valence-corrected chi connectivity index (χ0v) is 7.86. The van der Waals surface area contributed by atoms with E-state index in [2.05, 4.69) is 0 Å². The normalized spacial score (nSPS) is 12.6. The number of halogens is 4. The van der Waals surface area contributed by atoms with Gasteiger partial charge in [-0.1, -0.05) is 6.92 Å². The lowest BCUT2D eigenvalue weighted by Gasteiger charge is -2.10. The average molecular weight is 220 g/mol. The first-order chi connectivity index (χ1) is 6.99. The molecule has 1 aromatic rings. The highest BCUT2D eigenvalue weighted by atomic mass is 19.2. The molecule has 0 radical (unpaired) electrons. The summed E-state index contributed by atoms with van der Waals surface area (Å²) in [6.07, 6.45) is 0.421. The molecule has 0 fully saturated rings. The van der Waals surface area contributed by atoms with Crippen LogP contribution >= 0.6 is 0 Å². The number of aldehydes is 1. The Bertz CT molecular complexity index is 389. The number of hydrogen-bond donors (Lipinski definition) is 0. The number of hydrogen-bond acceptors (Lipinski definition) is 1. The molecule has 0 aliphatic heterocycles. The van der Waals surface area contributed by atoms with Gasteiger partial charge in [-0.05, 0) is 17.5 Å². The smallest absolute Gasteiger partial charge is 0.197 e. The van der Waals surface area contributed by atoms with Gasteiger partial charge in [0.1, 0.15) is 6.29 Å². The number of rotatable bonds is 3. The summed E-state index contributed by atoms with van der Waals surface area (Å²) in [4.78, 5) is 10.2. The van der Waals surface area contributed by atoms with Crippen molar-refractivity contribution in [2.24, 2.45) is 0 Å². The summed E-state index contributed by atoms with van der Waals surface area (Å²) in [5.74, 6) is -7.27. The summed E-state index contributed by atoms with van der Waals surface area (Å²) in [5.41, 5.74) is -0.335. The fourth-order valence-corrected chi connectivity index (χ4v) is 1.22. The van der Waals surface area contributed by atoms with Crippen molar-refractivity contribution in [2.75, 3.05) is 0 Å². The summed E-state index contributed by atoms with van der Waals surface area (Å²) in [6, 6.07) is 0.571. The molecule has 1 aromatic carbocycles. The number of carbonyl (C=O) groups is 1. The van der Waals surface area contributed by atoms with Crippen molar-refractivity contribution in [1.82, 2.24) is 0 Å². The first-order valence-corrected chi connectivity index (χ1v) is 4.25. The van der Waals surface area contributed by atoms with Crippen molar-refractivity contribution in [3.63, 3.8) is 0 Å². The van der Waals surface area contributed by atoms with E-state index in [1.54, 1.807) is 0 Å². The second-order valence-electron chi connectivity index (χ2n) is 3.19. The highest BCUT2D eigenvalue weighted by Gasteiger charge is 2.21. The highest BCUT2D eigenvalue weighted by Crippen LogP contribution is 2.26. The minimum atomic E-state index is -1.84. The van der Waals surface area contributed by atoms with E-state index >= 15 is 0 Å². The highest BCUT2D eigenvalue weighted by molar-refractivity contribution is 5.51. The summed E-state index contributed by atoms with van der Waals surface area (Å²) >= 11 is 0. The molecule has 0 N–H and O–H groups in total. The third-order valence-corrected chi connectivity index (χ3v) is 2.11. The topological polar surface area (TPSA) is 17.1 Å². The molecule has 15 heavy (non-hydrogen) atoms. The van der Waals surface area contributed by atoms with Gasteiger partial charge in [-0.15, -0.1) is 0 Å². The fourth-order valence-electron chi connectivity index (χ4n) is 1.22. The predicted molar refractivity (Wildman–Crippen MR) is 45.4 cm³/mol. The Morgan fingerprint density at radius 3 is 2.33 bits per heavy atom. The lowest BCUT2D eigenvalue weighted by molar-refractivity contribution is -0.108. The molecule has 0 saturated carbocycles. The van der Waals surface area contributed by atoms with Gasteiger partial charge in [0.15, 0.2) is 23.3 Å². The van der Waals surface area contributed by atoms with Gasteiger partial charge in [0, 0.05) is 6.42 Å². The third kappa shape index (κ3) is 2.16. The van der Waals surface area contributed by atoms with Crippen LogP contribution in [0.15, 0.2) is 6.07 Å². The van der Waals surface area contributed by atoms with Gasteiger partial charge in [-0.2, -0.15) is 0 Å². The fraction of sp³-hybridized carbons (Fsp3) is 0.300. The second kappa shape index (κ2) is 4.42. The minimum absolute atomic E-state index is 0.0819. The summed E-state index contributed by atoms with van der Waals surface area (Å²) < 4.78 is 51.2. The van der Waals surface area contributed by atoms with Crippen molar-refractivity contribution >= 4 is 6.29 Å². The van der Waals surface area contributed by atoms with Crippen molar-refractivity contribution < 1.29 is 22.4 Å². The monoisotopic (exact) mass is 220 g/mol. The van der Waals surface area contributed by atoms with E-state index in [1.165, 1.54) is 6.92 Å². The third-order valence-electron chi connectivity index (χ3n) is 2.11. The predicted octanol–water partition coefficient (Wildman–Crippen LogP) is 2.94. The first-order valence-electron chi connectivity index (χ1n) is 4.25. The van der Waals surface area contributed by atoms with Crippen LogP contribution in [-0.4, -0.2) is 6.29 Å². The van der Waals surface area contributed by atoms with Crippen molar-refractivity contribution in [3.05, 3.63) is 34.9 Å². The summed E-state index contributed by atoms with van der Waals surface area (Å²) in [5, 5.41) is 0. The average Bonchev–Trinajstić information content (AvgIpc) is 2.20. The van der Waals surface area contributed by atoms with Crippen LogP contribution in [0.3, 0.4) is 0 Å². The van der Waals surface area contributed by atoms with Crippen molar-refractivity contribution in [2.45, 2.75) is 19.3 Å². The molecule has 1 rings (SSSR count). The van der Waals surface area contributed by atoms with Crippen LogP contribution < -0.4 is 0 Å². The van der Waals surface area contributed by atoms with Crippen molar-refractivity contribution in [1.29, 1.82) is 0 Å². The minimum Gasteiger partial charge on any atom is -0.303 e. The Labute approximate surface area is 83.7 Å². The van der Waals surface area contributed by atoms with E-state index in [1.807, 2.05) is 0 Å². The molecule has 1 unspecified atom stereocenters. The molecule has 0 bridgehead atoms. The zero-order chi connectivity index (χ0) is 11.6.